The summed E-state index contributed by atoms with van der Waals surface area (Å²) in [6.45, 7) is 1.45. The first-order valence-electron chi connectivity index (χ1n) is 8.27. The number of nitro groups is 1. The average Bonchev–Trinajstić information content (AvgIpc) is 2.67. The largest absolute Gasteiger partial charge is 0.494 e. The molecule has 0 bridgehead atoms. The van der Waals surface area contributed by atoms with Gasteiger partial charge in [0.1, 0.15) is 5.75 Å². The normalized spacial score (nSPS) is 11.3. The van der Waals surface area contributed by atoms with E-state index in [1.807, 2.05) is 30.3 Å². The molecule has 2 rings (SSSR count). The van der Waals surface area contributed by atoms with E-state index >= 15 is 0 Å². The Morgan fingerprint density at radius 1 is 1.19 bits per heavy atom. The molecule has 2 aromatic rings. The molecular weight excluding hydrogens is 352 g/mol. The number of carbonyl (C=O) groups is 2. The van der Waals surface area contributed by atoms with Crippen LogP contribution in [0.4, 0.5) is 11.4 Å². The number of aryl methyl sites for hydroxylation is 1. The van der Waals surface area contributed by atoms with Crippen molar-refractivity contribution in [3.63, 3.8) is 0 Å². The van der Waals surface area contributed by atoms with Crippen LogP contribution in [-0.2, 0) is 20.7 Å². The molecule has 0 aromatic heterocycles. The van der Waals surface area contributed by atoms with Crippen LogP contribution < -0.4 is 10.1 Å². The molecule has 1 atom stereocenters. The van der Waals surface area contributed by atoms with E-state index in [1.165, 1.54) is 32.2 Å². The Bertz CT molecular complexity index is 822. The number of non-ortho nitro benzene ring substituents is 1. The monoisotopic (exact) mass is 372 g/mol. The molecule has 8 nitrogen and oxygen atoms in total. The third-order valence-corrected chi connectivity index (χ3v) is 3.79. The lowest BCUT2D eigenvalue weighted by Gasteiger charge is -2.15. The summed E-state index contributed by atoms with van der Waals surface area (Å²) in [5.41, 5.74) is 1.09. The SMILES string of the molecule is COc1cc([N+](=O)[O-])ccc1NC(=O)[C@H](C)OC(=O)CCc1ccccc1. The number of esters is 1. The molecule has 0 aliphatic carbocycles. The molecule has 0 heterocycles. The standard InChI is InChI=1S/C19H20N2O6/c1-13(27-18(22)11-8-14-6-4-3-5-7-14)19(23)20-16-10-9-15(21(24)25)12-17(16)26-2/h3-7,9-10,12-13H,8,11H2,1-2H3,(H,20,23)/t13-/m0/s1. The minimum atomic E-state index is -1.02. The zero-order chi connectivity index (χ0) is 19.8. The van der Waals surface area contributed by atoms with E-state index < -0.39 is 22.9 Å². The third kappa shape index (κ3) is 5.81. The van der Waals surface area contributed by atoms with E-state index in [-0.39, 0.29) is 23.5 Å². The summed E-state index contributed by atoms with van der Waals surface area (Å²) in [5, 5.41) is 13.3. The van der Waals surface area contributed by atoms with Crippen molar-refractivity contribution in [2.75, 3.05) is 12.4 Å². The van der Waals surface area contributed by atoms with Crippen LogP contribution in [0.25, 0.3) is 0 Å². The zero-order valence-electron chi connectivity index (χ0n) is 15.0. The summed E-state index contributed by atoms with van der Waals surface area (Å²) >= 11 is 0. The van der Waals surface area contributed by atoms with Crippen molar-refractivity contribution >= 4 is 23.3 Å². The maximum atomic E-state index is 12.2. The molecule has 27 heavy (non-hydrogen) atoms. The number of carbonyl (C=O) groups excluding carboxylic acids is 2. The molecule has 8 heteroatoms. The highest BCUT2D eigenvalue weighted by Crippen LogP contribution is 2.29. The molecular formula is C19H20N2O6. The van der Waals surface area contributed by atoms with E-state index in [0.29, 0.717) is 6.42 Å². The summed E-state index contributed by atoms with van der Waals surface area (Å²) < 4.78 is 10.2. The van der Waals surface area contributed by atoms with Crippen LogP contribution in [0.5, 0.6) is 5.75 Å². The van der Waals surface area contributed by atoms with Crippen LogP contribution in [0, 0.1) is 10.1 Å². The Hall–Kier alpha value is -3.42. The lowest BCUT2D eigenvalue weighted by atomic mass is 10.1. The molecule has 0 radical (unpaired) electrons. The Morgan fingerprint density at radius 2 is 1.89 bits per heavy atom. The lowest BCUT2D eigenvalue weighted by Crippen LogP contribution is -2.30. The van der Waals surface area contributed by atoms with Crippen molar-refractivity contribution in [1.29, 1.82) is 0 Å². The second-order valence-corrected chi connectivity index (χ2v) is 5.75. The Labute approximate surface area is 156 Å². The molecule has 0 aliphatic heterocycles. The van der Waals surface area contributed by atoms with E-state index in [0.717, 1.165) is 5.56 Å². The molecule has 0 spiro atoms. The molecule has 1 amide bonds. The third-order valence-electron chi connectivity index (χ3n) is 3.79. The Morgan fingerprint density at radius 3 is 2.52 bits per heavy atom. The van der Waals surface area contributed by atoms with Gasteiger partial charge in [-0.2, -0.15) is 0 Å². The number of amides is 1. The molecule has 0 aliphatic rings. The number of nitro benzene ring substituents is 1. The maximum Gasteiger partial charge on any atom is 0.306 e. The van der Waals surface area contributed by atoms with Crippen LogP contribution in [0.1, 0.15) is 18.9 Å². The van der Waals surface area contributed by atoms with Gasteiger partial charge in [0.2, 0.25) is 0 Å². The first kappa shape index (κ1) is 19.9. The molecule has 0 unspecified atom stereocenters. The fourth-order valence-electron chi connectivity index (χ4n) is 2.33. The van der Waals surface area contributed by atoms with Crippen molar-refractivity contribution in [3.8, 4) is 5.75 Å². The van der Waals surface area contributed by atoms with Gasteiger partial charge in [0, 0.05) is 12.5 Å². The first-order valence-corrected chi connectivity index (χ1v) is 8.27. The molecule has 1 N–H and O–H groups in total. The van der Waals surface area contributed by atoms with E-state index in [2.05, 4.69) is 5.32 Å². The average molecular weight is 372 g/mol. The number of methoxy groups -OCH3 is 1. The van der Waals surface area contributed by atoms with Gasteiger partial charge in [-0.25, -0.2) is 0 Å². The van der Waals surface area contributed by atoms with E-state index in [1.54, 1.807) is 0 Å². The van der Waals surface area contributed by atoms with Crippen molar-refractivity contribution in [1.82, 2.24) is 0 Å². The highest BCUT2D eigenvalue weighted by Gasteiger charge is 2.20. The number of anilines is 1. The van der Waals surface area contributed by atoms with Crippen LogP contribution in [0.2, 0.25) is 0 Å². The lowest BCUT2D eigenvalue weighted by molar-refractivity contribution is -0.384. The second-order valence-electron chi connectivity index (χ2n) is 5.75. The van der Waals surface area contributed by atoms with Gasteiger partial charge in [-0.15, -0.1) is 0 Å². The summed E-state index contributed by atoms with van der Waals surface area (Å²) in [4.78, 5) is 34.4. The molecule has 0 fully saturated rings. The smallest absolute Gasteiger partial charge is 0.306 e. The van der Waals surface area contributed by atoms with Crippen LogP contribution in [-0.4, -0.2) is 30.0 Å². The summed E-state index contributed by atoms with van der Waals surface area (Å²) in [6.07, 6.45) is -0.347. The van der Waals surface area contributed by atoms with E-state index in [4.69, 9.17) is 9.47 Å². The second kappa shape index (κ2) is 9.33. The van der Waals surface area contributed by atoms with Gasteiger partial charge in [0.15, 0.2) is 6.10 Å². The van der Waals surface area contributed by atoms with Crippen molar-refractivity contribution in [2.24, 2.45) is 0 Å². The predicted molar refractivity (Wildman–Crippen MR) is 98.6 cm³/mol. The summed E-state index contributed by atoms with van der Waals surface area (Å²) in [6, 6.07) is 13.3. The van der Waals surface area contributed by atoms with Gasteiger partial charge in [-0.05, 0) is 25.0 Å². The number of benzene rings is 2. The van der Waals surface area contributed by atoms with Crippen LogP contribution in [0.3, 0.4) is 0 Å². The number of nitrogens with one attached hydrogen (secondary N) is 1. The highest BCUT2D eigenvalue weighted by molar-refractivity contribution is 5.96. The highest BCUT2D eigenvalue weighted by atomic mass is 16.6. The number of hydrogen-bond donors (Lipinski definition) is 1. The van der Waals surface area contributed by atoms with Gasteiger partial charge in [0.05, 0.1) is 23.8 Å². The summed E-state index contributed by atoms with van der Waals surface area (Å²) in [7, 11) is 1.34. The fourth-order valence-corrected chi connectivity index (χ4v) is 2.33. The number of rotatable bonds is 8. The molecule has 0 saturated heterocycles. The first-order chi connectivity index (χ1) is 12.9. The number of nitrogens with zero attached hydrogens (tertiary/aromatic N) is 1. The van der Waals surface area contributed by atoms with E-state index in [9.17, 15) is 19.7 Å². The van der Waals surface area contributed by atoms with Gasteiger partial charge in [-0.1, -0.05) is 30.3 Å². The van der Waals surface area contributed by atoms with Crippen molar-refractivity contribution in [2.45, 2.75) is 25.9 Å². The van der Waals surface area contributed by atoms with Crippen molar-refractivity contribution < 1.29 is 24.0 Å². The number of ether oxygens (including phenoxy) is 2. The Kier molecular flexibility index (Phi) is 6.87. The fraction of sp³-hybridized carbons (Fsp3) is 0.263. The van der Waals surface area contributed by atoms with Crippen LogP contribution in [0.15, 0.2) is 48.5 Å². The maximum absolute atomic E-state index is 12.2. The zero-order valence-corrected chi connectivity index (χ0v) is 15.0. The predicted octanol–water partition coefficient (Wildman–Crippen LogP) is 3.11. The minimum absolute atomic E-state index is 0.139. The molecule has 142 valence electrons. The Balaban J connectivity index is 1.91. The number of hydrogen-bond acceptors (Lipinski definition) is 6. The van der Waals surface area contributed by atoms with Gasteiger partial charge in [-0.3, -0.25) is 19.7 Å². The summed E-state index contributed by atoms with van der Waals surface area (Å²) in [5.74, 6) is -0.910. The van der Waals surface area contributed by atoms with Gasteiger partial charge in [0.25, 0.3) is 11.6 Å². The van der Waals surface area contributed by atoms with Gasteiger partial charge < -0.3 is 14.8 Å². The minimum Gasteiger partial charge on any atom is -0.494 e. The molecule has 2 aromatic carbocycles. The van der Waals surface area contributed by atoms with Crippen LogP contribution >= 0.6 is 0 Å². The topological polar surface area (TPSA) is 108 Å². The van der Waals surface area contributed by atoms with Crippen molar-refractivity contribution in [3.05, 3.63) is 64.2 Å². The molecule has 0 saturated carbocycles. The quantitative estimate of drug-likeness (QED) is 0.433. The van der Waals surface area contributed by atoms with Gasteiger partial charge >= 0.3 is 5.97 Å².